The summed E-state index contributed by atoms with van der Waals surface area (Å²) >= 11 is 1.60. The highest BCUT2D eigenvalue weighted by molar-refractivity contribution is 7.98. The largest absolute Gasteiger partial charge is 0.485 e. The molecule has 2 N–H and O–H groups in total. The molecule has 0 fully saturated rings. The fourth-order valence-electron chi connectivity index (χ4n) is 3.40. The first-order valence-corrected chi connectivity index (χ1v) is 11.2. The van der Waals surface area contributed by atoms with Crippen LogP contribution in [-0.4, -0.2) is 14.9 Å². The van der Waals surface area contributed by atoms with Crippen LogP contribution in [-0.2, 0) is 17.8 Å². The first kappa shape index (κ1) is 22.2. The van der Waals surface area contributed by atoms with E-state index in [9.17, 15) is 0 Å². The average Bonchev–Trinajstić information content (AvgIpc) is 2.99. The molecule has 1 heterocycles. The molecule has 0 aliphatic carbocycles. The maximum absolute atomic E-state index is 6.24. The molecule has 0 amide bonds. The van der Waals surface area contributed by atoms with Gasteiger partial charge in [-0.25, -0.2) is 4.68 Å². The van der Waals surface area contributed by atoms with Crippen LogP contribution in [0.3, 0.4) is 0 Å². The normalized spacial score (nSPS) is 11.7. The molecule has 3 rings (SSSR count). The molecular formula is C24H32N4OS. The maximum Gasteiger partial charge on any atom is 0.210 e. The van der Waals surface area contributed by atoms with E-state index in [1.165, 1.54) is 32.5 Å². The molecule has 5 nitrogen and oxygen atoms in total. The number of hydrogen-bond donors (Lipinski definition) is 1. The van der Waals surface area contributed by atoms with E-state index in [2.05, 4.69) is 69.9 Å². The van der Waals surface area contributed by atoms with Crippen molar-refractivity contribution in [2.45, 2.75) is 71.4 Å². The first-order valence-electron chi connectivity index (χ1n) is 10.2. The van der Waals surface area contributed by atoms with Crippen molar-refractivity contribution in [3.05, 3.63) is 69.5 Å². The molecule has 0 bridgehead atoms. The fraction of sp³-hybridized carbons (Fsp3) is 0.417. The third-order valence-electron chi connectivity index (χ3n) is 5.33. The molecule has 0 aliphatic rings. The number of rotatable bonds is 6. The lowest BCUT2D eigenvalue weighted by atomic mass is 9.84. The number of hydrogen-bond acceptors (Lipinski definition) is 5. The molecular weight excluding hydrogens is 392 g/mol. The van der Waals surface area contributed by atoms with Crippen molar-refractivity contribution in [2.75, 3.05) is 5.84 Å². The maximum atomic E-state index is 6.24. The second-order valence-electron chi connectivity index (χ2n) is 8.95. The summed E-state index contributed by atoms with van der Waals surface area (Å²) in [7, 11) is 0. The summed E-state index contributed by atoms with van der Waals surface area (Å²) in [5.74, 6) is 8.48. The van der Waals surface area contributed by atoms with Gasteiger partial charge in [0, 0.05) is 5.75 Å². The standard InChI is InChI=1S/C24H32N4OS/c1-15-8-9-21(18(4)10-15)29-13-22-26-27-23(28(22)25)30-14-20-16(2)11-19(12-17(20)3)24(5,6)7/h8-12H,13-14,25H2,1-7H3. The number of benzene rings is 2. The van der Waals surface area contributed by atoms with Gasteiger partial charge in [0.2, 0.25) is 5.16 Å². The molecule has 0 aliphatic heterocycles. The van der Waals surface area contributed by atoms with Crippen LogP contribution in [0.5, 0.6) is 5.75 Å². The molecule has 2 aromatic carbocycles. The van der Waals surface area contributed by atoms with Gasteiger partial charge in [0.05, 0.1) is 0 Å². The summed E-state index contributed by atoms with van der Waals surface area (Å²) in [5, 5.41) is 9.18. The predicted molar refractivity (Wildman–Crippen MR) is 125 cm³/mol. The second kappa shape index (κ2) is 8.72. The van der Waals surface area contributed by atoms with Gasteiger partial charge in [-0.05, 0) is 67.0 Å². The van der Waals surface area contributed by atoms with Crippen LogP contribution in [0.15, 0.2) is 35.5 Å². The van der Waals surface area contributed by atoms with Crippen LogP contribution < -0.4 is 10.6 Å². The number of thioether (sulfide) groups is 1. The molecule has 3 aromatic rings. The highest BCUT2D eigenvalue weighted by atomic mass is 32.2. The quantitative estimate of drug-likeness (QED) is 0.424. The van der Waals surface area contributed by atoms with Gasteiger partial charge in [-0.1, -0.05) is 62.4 Å². The minimum Gasteiger partial charge on any atom is -0.485 e. The van der Waals surface area contributed by atoms with E-state index in [4.69, 9.17) is 10.6 Å². The van der Waals surface area contributed by atoms with E-state index in [1.54, 1.807) is 11.8 Å². The number of ether oxygens (including phenoxy) is 1. The number of nitrogens with two attached hydrogens (primary N) is 1. The van der Waals surface area contributed by atoms with Crippen molar-refractivity contribution in [3.63, 3.8) is 0 Å². The van der Waals surface area contributed by atoms with Crippen LogP contribution in [0.4, 0.5) is 0 Å². The summed E-state index contributed by atoms with van der Waals surface area (Å²) in [6.07, 6.45) is 0. The molecule has 0 spiro atoms. The molecule has 0 unspecified atom stereocenters. The second-order valence-corrected chi connectivity index (χ2v) is 9.90. The summed E-state index contributed by atoms with van der Waals surface area (Å²) in [6, 6.07) is 10.7. The lowest BCUT2D eigenvalue weighted by Gasteiger charge is -2.22. The topological polar surface area (TPSA) is 66.0 Å². The van der Waals surface area contributed by atoms with Gasteiger partial charge in [-0.2, -0.15) is 0 Å². The van der Waals surface area contributed by atoms with Crippen molar-refractivity contribution < 1.29 is 4.74 Å². The molecule has 30 heavy (non-hydrogen) atoms. The Labute approximate surface area is 184 Å². The Morgan fingerprint density at radius 3 is 2.23 bits per heavy atom. The highest BCUT2D eigenvalue weighted by Gasteiger charge is 2.17. The van der Waals surface area contributed by atoms with Gasteiger partial charge in [-0.3, -0.25) is 0 Å². The zero-order chi connectivity index (χ0) is 22.1. The minimum absolute atomic E-state index is 0.142. The summed E-state index contributed by atoms with van der Waals surface area (Å²) in [4.78, 5) is 0. The Bertz CT molecular complexity index is 1030. The van der Waals surface area contributed by atoms with Gasteiger partial charge in [0.25, 0.3) is 0 Å². The molecule has 0 saturated carbocycles. The van der Waals surface area contributed by atoms with E-state index in [0.717, 1.165) is 17.1 Å². The Hall–Kier alpha value is -2.47. The van der Waals surface area contributed by atoms with E-state index in [-0.39, 0.29) is 12.0 Å². The Morgan fingerprint density at radius 1 is 0.967 bits per heavy atom. The summed E-state index contributed by atoms with van der Waals surface area (Å²) in [5.41, 5.74) is 7.73. The van der Waals surface area contributed by atoms with Crippen molar-refractivity contribution in [3.8, 4) is 5.75 Å². The number of nitrogen functional groups attached to an aromatic ring is 1. The van der Waals surface area contributed by atoms with Crippen molar-refractivity contribution in [1.82, 2.24) is 14.9 Å². The Balaban J connectivity index is 1.68. The summed E-state index contributed by atoms with van der Waals surface area (Å²) < 4.78 is 7.44. The van der Waals surface area contributed by atoms with E-state index >= 15 is 0 Å². The van der Waals surface area contributed by atoms with Crippen LogP contribution in [0.1, 0.15) is 60.0 Å². The van der Waals surface area contributed by atoms with Crippen LogP contribution >= 0.6 is 11.8 Å². The van der Waals surface area contributed by atoms with Gasteiger partial charge >= 0.3 is 0 Å². The molecule has 6 heteroatoms. The van der Waals surface area contributed by atoms with Gasteiger partial charge < -0.3 is 10.6 Å². The van der Waals surface area contributed by atoms with Gasteiger partial charge in [0.15, 0.2) is 5.82 Å². The smallest absolute Gasteiger partial charge is 0.210 e. The third-order valence-corrected chi connectivity index (χ3v) is 6.30. The molecule has 0 atom stereocenters. The zero-order valence-corrected chi connectivity index (χ0v) is 19.9. The Kier molecular flexibility index (Phi) is 6.46. The van der Waals surface area contributed by atoms with Crippen LogP contribution in [0.2, 0.25) is 0 Å². The van der Waals surface area contributed by atoms with E-state index in [1.807, 2.05) is 19.1 Å². The molecule has 1 aromatic heterocycles. The lowest BCUT2D eigenvalue weighted by molar-refractivity contribution is 0.289. The summed E-state index contributed by atoms with van der Waals surface area (Å²) in [6.45, 7) is 15.5. The monoisotopic (exact) mass is 424 g/mol. The van der Waals surface area contributed by atoms with Crippen LogP contribution in [0, 0.1) is 27.7 Å². The number of nitrogens with zero attached hydrogens (tertiary/aromatic N) is 3. The van der Waals surface area contributed by atoms with Crippen molar-refractivity contribution in [2.24, 2.45) is 0 Å². The average molecular weight is 425 g/mol. The van der Waals surface area contributed by atoms with Gasteiger partial charge in [-0.15, -0.1) is 10.2 Å². The molecule has 0 radical (unpaired) electrons. The van der Waals surface area contributed by atoms with Crippen molar-refractivity contribution in [1.29, 1.82) is 0 Å². The predicted octanol–water partition coefficient (Wildman–Crippen LogP) is 5.39. The minimum atomic E-state index is 0.142. The van der Waals surface area contributed by atoms with E-state index < -0.39 is 0 Å². The SMILES string of the molecule is Cc1ccc(OCc2nnc(SCc3c(C)cc(C(C)(C)C)cc3C)n2N)c(C)c1. The van der Waals surface area contributed by atoms with Crippen LogP contribution in [0.25, 0.3) is 0 Å². The first-order chi connectivity index (χ1) is 14.1. The lowest BCUT2D eigenvalue weighted by Crippen LogP contribution is -2.16. The fourth-order valence-corrected chi connectivity index (χ4v) is 4.47. The third kappa shape index (κ3) is 4.98. The number of aryl methyl sites for hydroxylation is 4. The zero-order valence-electron chi connectivity index (χ0n) is 19.0. The Morgan fingerprint density at radius 2 is 1.63 bits per heavy atom. The van der Waals surface area contributed by atoms with E-state index in [0.29, 0.717) is 11.0 Å². The number of aromatic nitrogens is 3. The molecule has 0 saturated heterocycles. The molecule has 160 valence electrons. The van der Waals surface area contributed by atoms with Crippen molar-refractivity contribution >= 4 is 11.8 Å². The highest BCUT2D eigenvalue weighted by Crippen LogP contribution is 2.30. The van der Waals surface area contributed by atoms with Gasteiger partial charge in [0.1, 0.15) is 12.4 Å².